The number of hydrogen-bond acceptors (Lipinski definition) is 7. The number of esters is 1. The molecule has 0 heterocycles. The largest absolute Gasteiger partial charge is 0.481 e. The van der Waals surface area contributed by atoms with Crippen molar-refractivity contribution in [1.82, 2.24) is 4.72 Å². The highest BCUT2D eigenvalue weighted by molar-refractivity contribution is 7.89. The lowest BCUT2D eigenvalue weighted by Crippen LogP contribution is -2.40. The SMILES string of the molecule is CC(C)(C)OC(=O)C(CNS(=O)(=O)c1ccccc1[N+](=O)[O-])C(=O)O. The summed E-state index contributed by atoms with van der Waals surface area (Å²) in [5, 5.41) is 20.0. The molecule has 11 heteroatoms. The molecule has 0 aromatic heterocycles. The number of nitro groups is 1. The van der Waals surface area contributed by atoms with Crippen molar-refractivity contribution in [2.75, 3.05) is 6.54 Å². The van der Waals surface area contributed by atoms with Gasteiger partial charge in [-0.1, -0.05) is 12.1 Å². The topological polar surface area (TPSA) is 153 Å². The lowest BCUT2D eigenvalue weighted by molar-refractivity contribution is -0.387. The van der Waals surface area contributed by atoms with Crippen molar-refractivity contribution in [3.05, 3.63) is 34.4 Å². The number of ether oxygens (including phenoxy) is 1. The number of nitrogens with one attached hydrogen (secondary N) is 1. The summed E-state index contributed by atoms with van der Waals surface area (Å²) >= 11 is 0. The van der Waals surface area contributed by atoms with Gasteiger partial charge in [0.05, 0.1) is 4.92 Å². The number of rotatable bonds is 7. The molecular formula is C14H18N2O8S. The maximum Gasteiger partial charge on any atom is 0.322 e. The van der Waals surface area contributed by atoms with Crippen LogP contribution in [-0.4, -0.2) is 42.5 Å². The third-order valence-corrected chi connectivity index (χ3v) is 4.29. The van der Waals surface area contributed by atoms with E-state index in [1.165, 1.54) is 32.9 Å². The van der Waals surface area contributed by atoms with E-state index in [-0.39, 0.29) is 0 Å². The molecule has 0 saturated heterocycles. The van der Waals surface area contributed by atoms with E-state index in [9.17, 15) is 28.1 Å². The molecule has 0 aliphatic carbocycles. The van der Waals surface area contributed by atoms with Crippen LogP contribution in [0, 0.1) is 16.0 Å². The van der Waals surface area contributed by atoms with Crippen LogP contribution in [0.1, 0.15) is 20.8 Å². The van der Waals surface area contributed by atoms with Gasteiger partial charge in [0.2, 0.25) is 10.0 Å². The van der Waals surface area contributed by atoms with E-state index in [4.69, 9.17) is 9.84 Å². The van der Waals surface area contributed by atoms with Crippen molar-refractivity contribution < 1.29 is 32.8 Å². The number of nitrogens with zero attached hydrogens (tertiary/aromatic N) is 1. The standard InChI is InChI=1S/C14H18N2O8S/c1-14(2,3)24-13(19)9(12(17)18)8-15-25(22,23)11-7-5-4-6-10(11)16(20)21/h4-7,9,15H,8H2,1-3H3,(H,17,18). The normalized spacial score (nSPS) is 13.1. The van der Waals surface area contributed by atoms with Crippen molar-refractivity contribution in [1.29, 1.82) is 0 Å². The van der Waals surface area contributed by atoms with Gasteiger partial charge < -0.3 is 9.84 Å². The molecule has 25 heavy (non-hydrogen) atoms. The van der Waals surface area contributed by atoms with Gasteiger partial charge >= 0.3 is 11.9 Å². The summed E-state index contributed by atoms with van der Waals surface area (Å²) in [6.45, 7) is 3.78. The predicted molar refractivity (Wildman–Crippen MR) is 85.3 cm³/mol. The number of para-hydroxylation sites is 1. The predicted octanol–water partition coefficient (Wildman–Crippen LogP) is 0.916. The van der Waals surface area contributed by atoms with Gasteiger partial charge in [0.15, 0.2) is 10.8 Å². The van der Waals surface area contributed by atoms with Crippen molar-refractivity contribution in [2.45, 2.75) is 31.3 Å². The van der Waals surface area contributed by atoms with E-state index < -0.39 is 55.5 Å². The maximum atomic E-state index is 12.2. The molecule has 1 aromatic carbocycles. The van der Waals surface area contributed by atoms with Crippen LogP contribution in [0.25, 0.3) is 0 Å². The lowest BCUT2D eigenvalue weighted by atomic mass is 10.1. The summed E-state index contributed by atoms with van der Waals surface area (Å²) in [6, 6.07) is 4.57. The molecule has 0 aliphatic heterocycles. The van der Waals surface area contributed by atoms with Crippen LogP contribution in [0.3, 0.4) is 0 Å². The number of sulfonamides is 1. The molecule has 0 bridgehead atoms. The molecule has 0 saturated carbocycles. The zero-order valence-corrected chi connectivity index (χ0v) is 14.6. The molecule has 138 valence electrons. The number of carboxylic acid groups (broad SMARTS) is 1. The van der Waals surface area contributed by atoms with E-state index in [1.807, 2.05) is 4.72 Å². The first kappa shape index (κ1) is 20.5. The molecule has 10 nitrogen and oxygen atoms in total. The van der Waals surface area contributed by atoms with Gasteiger partial charge in [-0.2, -0.15) is 0 Å². The number of carbonyl (C=O) groups is 2. The molecule has 0 aliphatic rings. The Balaban J connectivity index is 3.02. The Hall–Kier alpha value is -2.53. The van der Waals surface area contributed by atoms with Crippen molar-refractivity contribution in [2.24, 2.45) is 5.92 Å². The Morgan fingerprint density at radius 1 is 1.32 bits per heavy atom. The van der Waals surface area contributed by atoms with Crippen LogP contribution in [-0.2, 0) is 24.3 Å². The second-order valence-electron chi connectivity index (χ2n) is 6.00. The molecule has 0 amide bonds. The Morgan fingerprint density at radius 2 is 1.88 bits per heavy atom. The second-order valence-corrected chi connectivity index (χ2v) is 7.74. The average molecular weight is 374 g/mol. The van der Waals surface area contributed by atoms with Crippen LogP contribution in [0.2, 0.25) is 0 Å². The molecule has 1 aromatic rings. The molecular weight excluding hydrogens is 356 g/mol. The summed E-state index contributed by atoms with van der Waals surface area (Å²) in [5.41, 5.74) is -1.62. The van der Waals surface area contributed by atoms with Gasteiger partial charge in [-0.15, -0.1) is 0 Å². The van der Waals surface area contributed by atoms with Crippen molar-refractivity contribution in [3.63, 3.8) is 0 Å². The Bertz CT molecular complexity index is 782. The minimum absolute atomic E-state index is 0.631. The number of carboxylic acids is 1. The summed E-state index contributed by atoms with van der Waals surface area (Å²) in [6.07, 6.45) is 0. The molecule has 0 spiro atoms. The van der Waals surface area contributed by atoms with Gasteiger partial charge in [-0.05, 0) is 26.8 Å². The first-order valence-corrected chi connectivity index (χ1v) is 8.52. The van der Waals surface area contributed by atoms with E-state index in [0.717, 1.165) is 12.1 Å². The molecule has 0 radical (unpaired) electrons. The number of hydrogen-bond donors (Lipinski definition) is 2. The first-order chi connectivity index (χ1) is 11.3. The van der Waals surface area contributed by atoms with Crippen LogP contribution in [0.5, 0.6) is 0 Å². The summed E-state index contributed by atoms with van der Waals surface area (Å²) in [5.74, 6) is -4.50. The minimum Gasteiger partial charge on any atom is -0.481 e. The number of carbonyl (C=O) groups excluding carboxylic acids is 1. The van der Waals surface area contributed by atoms with Crippen LogP contribution in [0.4, 0.5) is 5.69 Å². The van der Waals surface area contributed by atoms with E-state index in [0.29, 0.717) is 0 Å². The van der Waals surface area contributed by atoms with E-state index in [2.05, 4.69) is 0 Å². The Kier molecular flexibility index (Phi) is 6.21. The fourth-order valence-electron chi connectivity index (χ4n) is 1.75. The molecule has 0 fully saturated rings. The third-order valence-electron chi connectivity index (χ3n) is 2.82. The van der Waals surface area contributed by atoms with E-state index >= 15 is 0 Å². The van der Waals surface area contributed by atoms with Gasteiger partial charge in [-0.25, -0.2) is 13.1 Å². The van der Waals surface area contributed by atoms with Gasteiger partial charge in [0.25, 0.3) is 5.69 Å². The fraction of sp³-hybridized carbons (Fsp3) is 0.429. The second kappa shape index (κ2) is 7.57. The summed E-state index contributed by atoms with van der Waals surface area (Å²) in [7, 11) is -4.40. The Labute approximate surface area is 144 Å². The fourth-order valence-corrected chi connectivity index (χ4v) is 2.97. The first-order valence-electron chi connectivity index (χ1n) is 7.04. The number of nitro benzene ring substituents is 1. The minimum atomic E-state index is -4.40. The van der Waals surface area contributed by atoms with E-state index in [1.54, 1.807) is 0 Å². The van der Waals surface area contributed by atoms with Gasteiger partial charge in [0, 0.05) is 12.6 Å². The van der Waals surface area contributed by atoms with Crippen molar-refractivity contribution >= 4 is 27.6 Å². The third kappa shape index (κ3) is 5.80. The number of benzene rings is 1. The van der Waals surface area contributed by atoms with Crippen LogP contribution < -0.4 is 4.72 Å². The monoisotopic (exact) mass is 374 g/mol. The van der Waals surface area contributed by atoms with Crippen LogP contribution in [0.15, 0.2) is 29.2 Å². The van der Waals surface area contributed by atoms with Gasteiger partial charge in [-0.3, -0.25) is 19.7 Å². The zero-order chi connectivity index (χ0) is 19.4. The quantitative estimate of drug-likeness (QED) is 0.309. The highest BCUT2D eigenvalue weighted by Crippen LogP contribution is 2.22. The smallest absolute Gasteiger partial charge is 0.322 e. The molecule has 1 atom stereocenters. The maximum absolute atomic E-state index is 12.2. The average Bonchev–Trinajstić information content (AvgIpc) is 2.44. The van der Waals surface area contributed by atoms with Crippen molar-refractivity contribution in [3.8, 4) is 0 Å². The lowest BCUT2D eigenvalue weighted by Gasteiger charge is -2.22. The zero-order valence-electron chi connectivity index (χ0n) is 13.8. The Morgan fingerprint density at radius 3 is 2.36 bits per heavy atom. The van der Waals surface area contributed by atoms with Crippen LogP contribution >= 0.6 is 0 Å². The summed E-state index contributed by atoms with van der Waals surface area (Å²) < 4.78 is 31.3. The summed E-state index contributed by atoms with van der Waals surface area (Å²) in [4.78, 5) is 32.5. The van der Waals surface area contributed by atoms with Gasteiger partial charge in [0.1, 0.15) is 5.60 Å². The highest BCUT2D eigenvalue weighted by Gasteiger charge is 2.33. The molecule has 1 unspecified atom stereocenters. The number of aliphatic carboxylic acids is 1. The molecule has 2 N–H and O–H groups in total. The highest BCUT2D eigenvalue weighted by atomic mass is 32.2. The molecule has 1 rings (SSSR count).